The molecule has 1 aromatic heterocycles. The number of hydrogen-bond donors (Lipinski definition) is 2. The average Bonchev–Trinajstić information content (AvgIpc) is 3.10. The normalized spacial score (nSPS) is 18.9. The molecule has 0 bridgehead atoms. The number of likely N-dealkylation sites (N-methyl/N-ethyl adjacent to an activating group) is 1. The lowest BCUT2D eigenvalue weighted by atomic mass is 10.00. The van der Waals surface area contributed by atoms with E-state index in [1.807, 2.05) is 49.4 Å². The summed E-state index contributed by atoms with van der Waals surface area (Å²) in [5.74, 6) is 0.246. The summed E-state index contributed by atoms with van der Waals surface area (Å²) in [4.78, 5) is 35.0. The third-order valence-corrected chi connectivity index (χ3v) is 4.73. The van der Waals surface area contributed by atoms with Crippen molar-refractivity contribution < 1.29 is 14.3 Å². The van der Waals surface area contributed by atoms with Crippen molar-refractivity contribution in [2.45, 2.75) is 26.0 Å². The lowest BCUT2D eigenvalue weighted by Gasteiger charge is -2.39. The predicted octanol–water partition coefficient (Wildman–Crippen LogP) is 2.38. The zero-order valence-electron chi connectivity index (χ0n) is 15.2. The topological polar surface area (TPSA) is 87.3 Å². The molecule has 2 amide bonds. The third-order valence-electron chi connectivity index (χ3n) is 4.73. The van der Waals surface area contributed by atoms with Crippen LogP contribution in [-0.4, -0.2) is 33.9 Å². The van der Waals surface area contributed by atoms with Crippen molar-refractivity contribution in [3.63, 3.8) is 0 Å². The lowest BCUT2D eigenvalue weighted by molar-refractivity contribution is -0.148. The van der Waals surface area contributed by atoms with Gasteiger partial charge in [-0.05, 0) is 38.1 Å². The molecule has 0 aliphatic carbocycles. The molecule has 138 valence electrons. The number of anilines is 1. The predicted molar refractivity (Wildman–Crippen MR) is 101 cm³/mol. The Morgan fingerprint density at radius 2 is 1.96 bits per heavy atom. The van der Waals surface area contributed by atoms with Gasteiger partial charge in [-0.1, -0.05) is 24.3 Å². The molecule has 2 heterocycles. The van der Waals surface area contributed by atoms with Gasteiger partial charge in [0, 0.05) is 6.54 Å². The number of benzene rings is 2. The van der Waals surface area contributed by atoms with Crippen molar-refractivity contribution in [2.24, 2.45) is 0 Å². The molecule has 3 aromatic rings. The van der Waals surface area contributed by atoms with Crippen LogP contribution >= 0.6 is 0 Å². The molecular weight excluding hydrogens is 344 g/mol. The van der Waals surface area contributed by atoms with Gasteiger partial charge in [0.1, 0.15) is 11.6 Å². The molecule has 7 nitrogen and oxygen atoms in total. The summed E-state index contributed by atoms with van der Waals surface area (Å²) in [6, 6.07) is 14.8. The Kier molecular flexibility index (Phi) is 4.07. The standard InChI is InChI=1S/C20H20N4O3/c1-3-24-15-10-6-7-11-16(15)27-20(2,19(24)26)18(25)21-12-17-22-13-8-4-5-9-14(13)23-17/h4-11H,3,12H2,1-2H3,(H,21,25)(H,22,23). The molecule has 1 aliphatic heterocycles. The van der Waals surface area contributed by atoms with Crippen LogP contribution in [-0.2, 0) is 16.1 Å². The van der Waals surface area contributed by atoms with Gasteiger partial charge < -0.3 is 19.9 Å². The summed E-state index contributed by atoms with van der Waals surface area (Å²) in [6.45, 7) is 3.99. The molecule has 0 radical (unpaired) electrons. The van der Waals surface area contributed by atoms with E-state index >= 15 is 0 Å². The first-order chi connectivity index (χ1) is 13.0. The van der Waals surface area contributed by atoms with Crippen molar-refractivity contribution in [3.05, 3.63) is 54.4 Å². The van der Waals surface area contributed by atoms with E-state index in [1.165, 1.54) is 6.92 Å². The highest BCUT2D eigenvalue weighted by atomic mass is 16.5. The van der Waals surface area contributed by atoms with Gasteiger partial charge in [0.05, 0.1) is 23.3 Å². The first-order valence-electron chi connectivity index (χ1n) is 8.85. The SMILES string of the molecule is CCN1C(=O)C(C)(C(=O)NCc2nc3ccccc3[nH]2)Oc2ccccc21. The van der Waals surface area contributed by atoms with Crippen molar-refractivity contribution in [2.75, 3.05) is 11.4 Å². The highest BCUT2D eigenvalue weighted by molar-refractivity contribution is 6.16. The Morgan fingerprint density at radius 1 is 1.22 bits per heavy atom. The number of amides is 2. The van der Waals surface area contributed by atoms with Crippen LogP contribution in [0.3, 0.4) is 0 Å². The minimum Gasteiger partial charge on any atom is -0.466 e. The van der Waals surface area contributed by atoms with E-state index in [1.54, 1.807) is 11.0 Å². The summed E-state index contributed by atoms with van der Waals surface area (Å²) in [5.41, 5.74) is 0.761. The van der Waals surface area contributed by atoms with Gasteiger partial charge in [-0.2, -0.15) is 0 Å². The number of H-pyrrole nitrogens is 1. The Bertz CT molecular complexity index is 996. The summed E-state index contributed by atoms with van der Waals surface area (Å²) in [6.07, 6.45) is 0. The Labute approximate surface area is 156 Å². The number of hydrogen-bond acceptors (Lipinski definition) is 4. The number of carbonyl (C=O) groups is 2. The van der Waals surface area contributed by atoms with Gasteiger partial charge in [0.2, 0.25) is 0 Å². The zero-order valence-corrected chi connectivity index (χ0v) is 15.2. The van der Waals surface area contributed by atoms with Crippen LogP contribution in [0.2, 0.25) is 0 Å². The first kappa shape index (κ1) is 17.1. The van der Waals surface area contributed by atoms with Gasteiger partial charge in [-0.3, -0.25) is 9.59 Å². The summed E-state index contributed by atoms with van der Waals surface area (Å²) in [5, 5.41) is 2.77. The number of nitrogens with zero attached hydrogens (tertiary/aromatic N) is 2. The van der Waals surface area contributed by atoms with Gasteiger partial charge >= 0.3 is 0 Å². The van der Waals surface area contributed by atoms with Crippen LogP contribution in [0.15, 0.2) is 48.5 Å². The van der Waals surface area contributed by atoms with Gasteiger partial charge in [0.15, 0.2) is 0 Å². The molecule has 0 spiro atoms. The highest BCUT2D eigenvalue weighted by Crippen LogP contribution is 2.37. The van der Waals surface area contributed by atoms with E-state index in [-0.39, 0.29) is 12.5 Å². The maximum Gasteiger partial charge on any atom is 0.280 e. The quantitative estimate of drug-likeness (QED) is 0.696. The number of rotatable bonds is 4. The zero-order chi connectivity index (χ0) is 19.0. The molecule has 0 saturated carbocycles. The molecule has 2 aromatic carbocycles. The molecule has 1 aliphatic rings. The number of aromatic amines is 1. The molecule has 0 fully saturated rings. The molecule has 1 atom stereocenters. The monoisotopic (exact) mass is 364 g/mol. The summed E-state index contributed by atoms with van der Waals surface area (Å²) in [7, 11) is 0. The van der Waals surface area contributed by atoms with E-state index < -0.39 is 11.5 Å². The van der Waals surface area contributed by atoms with Gasteiger partial charge in [-0.25, -0.2) is 4.98 Å². The van der Waals surface area contributed by atoms with Gasteiger partial charge in [0.25, 0.3) is 17.4 Å². The third kappa shape index (κ3) is 2.81. The molecular formula is C20H20N4O3. The number of para-hydroxylation sites is 4. The minimum atomic E-state index is -1.63. The van der Waals surface area contributed by atoms with Crippen LogP contribution < -0.4 is 15.0 Å². The first-order valence-corrected chi connectivity index (χ1v) is 8.85. The van der Waals surface area contributed by atoms with Crippen LogP contribution in [0.1, 0.15) is 19.7 Å². The van der Waals surface area contributed by atoms with Crippen molar-refractivity contribution in [3.8, 4) is 5.75 Å². The molecule has 1 unspecified atom stereocenters. The molecule has 7 heteroatoms. The van der Waals surface area contributed by atoms with Gasteiger partial charge in [-0.15, -0.1) is 0 Å². The van der Waals surface area contributed by atoms with Crippen LogP contribution in [0.25, 0.3) is 11.0 Å². The van der Waals surface area contributed by atoms with E-state index in [2.05, 4.69) is 15.3 Å². The highest BCUT2D eigenvalue weighted by Gasteiger charge is 2.50. The van der Waals surface area contributed by atoms with Crippen LogP contribution in [0.4, 0.5) is 5.69 Å². The minimum absolute atomic E-state index is 0.174. The summed E-state index contributed by atoms with van der Waals surface area (Å²) >= 11 is 0. The number of nitrogens with one attached hydrogen (secondary N) is 2. The molecule has 2 N–H and O–H groups in total. The lowest BCUT2D eigenvalue weighted by Crippen LogP contribution is -2.62. The second kappa shape index (κ2) is 6.42. The maximum absolute atomic E-state index is 13.0. The molecule has 27 heavy (non-hydrogen) atoms. The number of aromatic nitrogens is 2. The maximum atomic E-state index is 13.0. The molecule has 4 rings (SSSR count). The van der Waals surface area contributed by atoms with Crippen molar-refractivity contribution >= 4 is 28.5 Å². The number of fused-ring (bicyclic) bond motifs is 2. The Hall–Kier alpha value is -3.35. The molecule has 0 saturated heterocycles. The Balaban J connectivity index is 1.56. The van der Waals surface area contributed by atoms with E-state index in [0.29, 0.717) is 23.8 Å². The number of ether oxygens (including phenoxy) is 1. The smallest absolute Gasteiger partial charge is 0.280 e. The fraction of sp³-hybridized carbons (Fsp3) is 0.250. The van der Waals surface area contributed by atoms with Crippen molar-refractivity contribution in [1.29, 1.82) is 0 Å². The van der Waals surface area contributed by atoms with E-state index in [0.717, 1.165) is 11.0 Å². The average molecular weight is 364 g/mol. The van der Waals surface area contributed by atoms with Crippen LogP contribution in [0.5, 0.6) is 5.75 Å². The second-order valence-corrected chi connectivity index (χ2v) is 6.54. The Morgan fingerprint density at radius 3 is 2.74 bits per heavy atom. The number of carbonyl (C=O) groups excluding carboxylic acids is 2. The van der Waals surface area contributed by atoms with Crippen molar-refractivity contribution in [1.82, 2.24) is 15.3 Å². The second-order valence-electron chi connectivity index (χ2n) is 6.54. The van der Waals surface area contributed by atoms with Crippen LogP contribution in [0, 0.1) is 0 Å². The fourth-order valence-corrected chi connectivity index (χ4v) is 3.28. The van der Waals surface area contributed by atoms with E-state index in [9.17, 15) is 9.59 Å². The summed E-state index contributed by atoms with van der Waals surface area (Å²) < 4.78 is 5.84. The fourth-order valence-electron chi connectivity index (χ4n) is 3.28. The van der Waals surface area contributed by atoms with E-state index in [4.69, 9.17) is 4.74 Å². The number of imidazole rings is 1. The largest absolute Gasteiger partial charge is 0.466 e.